The summed E-state index contributed by atoms with van der Waals surface area (Å²) in [6, 6.07) is 43.5. The standard InChI is InChI=1S/C39H34ClN3O3/c1-46-37(44)34(41-39(28-12-5-2-6-13-28,29-14-7-3-8-15-29)30-16-9-4-10-17-30)26-27-20-22-32(23-21-27)43-36-33(40)18-11-19-35(36)42(38(43)45)31-24-25-31/h2-23,31,34,41H,24-26H2,1H3/t34-/m0/s1. The van der Waals surface area contributed by atoms with Crippen molar-refractivity contribution < 1.29 is 9.53 Å². The lowest BCUT2D eigenvalue weighted by atomic mass is 9.76. The predicted octanol–water partition coefficient (Wildman–Crippen LogP) is 7.45. The molecular formula is C39H34ClN3O3. The van der Waals surface area contributed by atoms with Gasteiger partial charge in [0.05, 0.1) is 34.4 Å². The van der Waals surface area contributed by atoms with Crippen molar-refractivity contribution in [3.63, 3.8) is 0 Å². The highest BCUT2D eigenvalue weighted by Crippen LogP contribution is 2.39. The number of fused-ring (bicyclic) bond motifs is 1. The molecule has 7 rings (SSSR count). The van der Waals surface area contributed by atoms with E-state index in [9.17, 15) is 9.59 Å². The Morgan fingerprint density at radius 3 is 1.85 bits per heavy atom. The fourth-order valence-electron chi connectivity index (χ4n) is 6.58. The van der Waals surface area contributed by atoms with E-state index in [2.05, 4.69) is 41.7 Å². The monoisotopic (exact) mass is 627 g/mol. The van der Waals surface area contributed by atoms with Crippen molar-refractivity contribution in [2.75, 3.05) is 7.11 Å². The lowest BCUT2D eigenvalue weighted by molar-refractivity contribution is -0.143. The van der Waals surface area contributed by atoms with E-state index in [-0.39, 0.29) is 17.7 Å². The first-order valence-corrected chi connectivity index (χ1v) is 15.9. The van der Waals surface area contributed by atoms with Crippen molar-refractivity contribution in [2.45, 2.75) is 36.9 Å². The molecule has 1 aromatic heterocycles. The second-order valence-electron chi connectivity index (χ2n) is 11.8. The summed E-state index contributed by atoms with van der Waals surface area (Å²) in [7, 11) is 1.42. The minimum Gasteiger partial charge on any atom is -0.468 e. The van der Waals surface area contributed by atoms with Crippen LogP contribution >= 0.6 is 11.6 Å². The Kier molecular flexibility index (Phi) is 8.07. The number of halogens is 1. The Morgan fingerprint density at radius 2 is 1.35 bits per heavy atom. The molecule has 5 aromatic carbocycles. The largest absolute Gasteiger partial charge is 0.468 e. The number of benzene rings is 5. The molecule has 0 saturated heterocycles. The minimum absolute atomic E-state index is 0.0918. The molecule has 1 atom stereocenters. The van der Waals surface area contributed by atoms with E-state index >= 15 is 0 Å². The number of hydrogen-bond acceptors (Lipinski definition) is 4. The summed E-state index contributed by atoms with van der Waals surface area (Å²) in [4.78, 5) is 27.2. The molecule has 230 valence electrons. The third kappa shape index (κ3) is 5.34. The number of carbonyl (C=O) groups excluding carboxylic acids is 1. The van der Waals surface area contributed by atoms with Crippen LogP contribution in [-0.2, 0) is 21.5 Å². The second-order valence-corrected chi connectivity index (χ2v) is 12.2. The van der Waals surface area contributed by atoms with Crippen molar-refractivity contribution in [2.24, 2.45) is 0 Å². The molecule has 1 aliphatic carbocycles. The van der Waals surface area contributed by atoms with Gasteiger partial charge in [-0.1, -0.05) is 121 Å². The van der Waals surface area contributed by atoms with E-state index in [1.807, 2.05) is 102 Å². The maximum Gasteiger partial charge on any atom is 0.334 e. The summed E-state index contributed by atoms with van der Waals surface area (Å²) in [6.45, 7) is 0. The van der Waals surface area contributed by atoms with Crippen LogP contribution in [0.4, 0.5) is 0 Å². The fourth-order valence-corrected chi connectivity index (χ4v) is 6.83. The molecule has 0 radical (unpaired) electrons. The van der Waals surface area contributed by atoms with Crippen molar-refractivity contribution in [1.82, 2.24) is 14.5 Å². The maximum atomic E-state index is 13.7. The summed E-state index contributed by atoms with van der Waals surface area (Å²) in [5.41, 5.74) is 5.25. The molecule has 6 aromatic rings. The Balaban J connectivity index is 1.29. The zero-order valence-corrected chi connectivity index (χ0v) is 26.2. The topological polar surface area (TPSA) is 65.3 Å². The van der Waals surface area contributed by atoms with Gasteiger partial charge in [0.25, 0.3) is 0 Å². The van der Waals surface area contributed by atoms with Gasteiger partial charge >= 0.3 is 11.7 Å². The van der Waals surface area contributed by atoms with Gasteiger partial charge in [0.15, 0.2) is 0 Å². The van der Waals surface area contributed by atoms with Crippen LogP contribution in [0.15, 0.2) is 138 Å². The zero-order chi connectivity index (χ0) is 31.7. The fraction of sp³-hybridized carbons (Fsp3) is 0.179. The molecule has 1 aliphatic rings. The van der Waals surface area contributed by atoms with E-state index < -0.39 is 11.6 Å². The van der Waals surface area contributed by atoms with E-state index in [1.54, 1.807) is 4.57 Å². The SMILES string of the molecule is COC(=O)[C@H](Cc1ccc(-n2c(=O)n(C3CC3)c3cccc(Cl)c32)cc1)NC(c1ccccc1)(c1ccccc1)c1ccccc1. The summed E-state index contributed by atoms with van der Waals surface area (Å²) in [5, 5.41) is 4.31. The van der Waals surface area contributed by atoms with Crippen LogP contribution in [0.25, 0.3) is 16.7 Å². The Hall–Kier alpha value is -4.91. The molecule has 1 fully saturated rings. The molecule has 7 heteroatoms. The Morgan fingerprint density at radius 1 is 0.804 bits per heavy atom. The molecule has 0 spiro atoms. The van der Waals surface area contributed by atoms with Gasteiger partial charge in [0, 0.05) is 6.04 Å². The van der Waals surface area contributed by atoms with Gasteiger partial charge < -0.3 is 4.74 Å². The number of rotatable bonds is 10. The van der Waals surface area contributed by atoms with Crippen LogP contribution in [-0.4, -0.2) is 28.3 Å². The normalized spacial score (nSPS) is 13.9. The lowest BCUT2D eigenvalue weighted by Gasteiger charge is -2.39. The zero-order valence-electron chi connectivity index (χ0n) is 25.5. The van der Waals surface area contributed by atoms with Crippen LogP contribution in [0.1, 0.15) is 41.1 Å². The number of nitrogens with zero attached hydrogens (tertiary/aromatic N) is 2. The third-order valence-corrected chi connectivity index (χ3v) is 9.19. The minimum atomic E-state index is -0.850. The molecule has 6 nitrogen and oxygen atoms in total. The first kappa shape index (κ1) is 29.8. The summed E-state index contributed by atoms with van der Waals surface area (Å²) >= 11 is 6.65. The van der Waals surface area contributed by atoms with Crippen LogP contribution in [0.3, 0.4) is 0 Å². The summed E-state index contributed by atoms with van der Waals surface area (Å²) in [6.07, 6.45) is 2.34. The van der Waals surface area contributed by atoms with Crippen molar-refractivity contribution in [1.29, 1.82) is 0 Å². The van der Waals surface area contributed by atoms with Crippen LogP contribution in [0, 0.1) is 0 Å². The van der Waals surface area contributed by atoms with Crippen LogP contribution in [0.2, 0.25) is 5.02 Å². The highest BCUT2D eigenvalue weighted by atomic mass is 35.5. The van der Waals surface area contributed by atoms with Gasteiger partial charge in [0.2, 0.25) is 0 Å². The lowest BCUT2D eigenvalue weighted by Crippen LogP contribution is -2.53. The predicted molar refractivity (Wildman–Crippen MR) is 183 cm³/mol. The van der Waals surface area contributed by atoms with Gasteiger partial charge in [-0.05, 0) is 65.8 Å². The Bertz CT molecular complexity index is 1940. The van der Waals surface area contributed by atoms with Crippen molar-refractivity contribution >= 4 is 28.6 Å². The number of para-hydroxylation sites is 1. The van der Waals surface area contributed by atoms with E-state index in [1.165, 1.54) is 7.11 Å². The van der Waals surface area contributed by atoms with Gasteiger partial charge in [-0.25, -0.2) is 4.79 Å². The average molecular weight is 628 g/mol. The molecule has 0 aliphatic heterocycles. The maximum absolute atomic E-state index is 13.7. The van der Waals surface area contributed by atoms with E-state index in [0.717, 1.165) is 46.3 Å². The highest BCUT2D eigenvalue weighted by Gasteiger charge is 2.40. The third-order valence-electron chi connectivity index (χ3n) is 8.89. The van der Waals surface area contributed by atoms with E-state index in [0.29, 0.717) is 17.0 Å². The smallest absolute Gasteiger partial charge is 0.334 e. The van der Waals surface area contributed by atoms with Crippen molar-refractivity contribution in [3.05, 3.63) is 171 Å². The highest BCUT2D eigenvalue weighted by molar-refractivity contribution is 6.35. The summed E-state index contributed by atoms with van der Waals surface area (Å²) in [5.74, 6) is -0.369. The average Bonchev–Trinajstić information content (AvgIpc) is 3.90. The molecule has 1 N–H and O–H groups in total. The number of nitrogens with one attached hydrogen (secondary N) is 1. The number of carbonyl (C=O) groups is 1. The van der Waals surface area contributed by atoms with Crippen LogP contribution < -0.4 is 11.0 Å². The van der Waals surface area contributed by atoms with Gasteiger partial charge in [-0.3, -0.25) is 19.2 Å². The number of esters is 1. The number of imidazole rings is 1. The molecule has 0 unspecified atom stereocenters. The molecule has 1 heterocycles. The number of methoxy groups -OCH3 is 1. The molecule has 0 bridgehead atoms. The molecular weight excluding hydrogens is 594 g/mol. The molecule has 0 amide bonds. The van der Waals surface area contributed by atoms with Gasteiger partial charge in [-0.15, -0.1) is 0 Å². The number of hydrogen-bond donors (Lipinski definition) is 1. The number of aromatic nitrogens is 2. The number of ether oxygens (including phenoxy) is 1. The quantitative estimate of drug-likeness (QED) is 0.127. The van der Waals surface area contributed by atoms with Crippen molar-refractivity contribution in [3.8, 4) is 5.69 Å². The second kappa shape index (κ2) is 12.5. The van der Waals surface area contributed by atoms with E-state index in [4.69, 9.17) is 16.3 Å². The Labute approximate surface area is 272 Å². The van der Waals surface area contributed by atoms with Gasteiger partial charge in [-0.2, -0.15) is 0 Å². The molecule has 46 heavy (non-hydrogen) atoms. The first-order chi connectivity index (χ1) is 22.5. The first-order valence-electron chi connectivity index (χ1n) is 15.5. The van der Waals surface area contributed by atoms with Crippen LogP contribution in [0.5, 0.6) is 0 Å². The molecule has 1 saturated carbocycles. The van der Waals surface area contributed by atoms with Gasteiger partial charge in [0.1, 0.15) is 6.04 Å². The summed E-state index contributed by atoms with van der Waals surface area (Å²) < 4.78 is 8.93.